The van der Waals surface area contributed by atoms with E-state index in [1.165, 1.54) is 34.5 Å². The number of sulfonamides is 2. The molecule has 0 bridgehead atoms. The molecule has 16 nitrogen and oxygen atoms in total. The van der Waals surface area contributed by atoms with Gasteiger partial charge in [-0.15, -0.1) is 11.8 Å². The average molecular weight is 1200 g/mol. The summed E-state index contributed by atoms with van der Waals surface area (Å²) in [6.07, 6.45) is 2.38. The molecule has 0 aliphatic carbocycles. The van der Waals surface area contributed by atoms with Crippen molar-refractivity contribution in [3.63, 3.8) is 0 Å². The van der Waals surface area contributed by atoms with Gasteiger partial charge in [0.2, 0.25) is 10.0 Å². The number of hydrogen-bond donors (Lipinski definition) is 3. The van der Waals surface area contributed by atoms with Crippen LogP contribution < -0.4 is 19.8 Å². The molecule has 3 aliphatic heterocycles. The Labute approximate surface area is 475 Å². The molecule has 0 radical (unpaired) electrons. The topological polar surface area (TPSA) is 185 Å². The maximum absolute atomic E-state index is 14.6. The second-order valence-corrected chi connectivity index (χ2v) is 27.4. The van der Waals surface area contributed by atoms with E-state index in [2.05, 4.69) is 30.8 Å². The van der Waals surface area contributed by atoms with Crippen LogP contribution in [0.5, 0.6) is 0 Å². The van der Waals surface area contributed by atoms with Gasteiger partial charge in [0.25, 0.3) is 25.8 Å². The number of carbonyl (C=O) groups is 1. The van der Waals surface area contributed by atoms with E-state index in [1.54, 1.807) is 29.2 Å². The average Bonchev–Trinajstić information content (AvgIpc) is 3.80. The third-order valence-electron chi connectivity index (χ3n) is 15.0. The van der Waals surface area contributed by atoms with Crippen molar-refractivity contribution in [1.82, 2.24) is 18.7 Å². The number of nitrogens with one attached hydrogen (secondary N) is 2. The molecule has 5 aromatic carbocycles. The molecule has 0 saturated carbocycles. The Hall–Kier alpha value is -5.79. The number of aliphatic hydroxyl groups is 1. The summed E-state index contributed by atoms with van der Waals surface area (Å²) in [5, 5.41) is 13.6. The molecular formula is C56H64ClF3N8O8S4. The second kappa shape index (κ2) is 24.3. The Balaban J connectivity index is 0.895. The van der Waals surface area contributed by atoms with Crippen LogP contribution in [0.1, 0.15) is 35.3 Å². The van der Waals surface area contributed by atoms with Crippen LogP contribution in [0.2, 0.25) is 5.02 Å². The number of amides is 1. The number of halogens is 4. The highest BCUT2D eigenvalue weighted by Gasteiger charge is 2.48. The first-order valence-electron chi connectivity index (χ1n) is 26.2. The number of thioether (sulfide) groups is 1. The van der Waals surface area contributed by atoms with E-state index in [-0.39, 0.29) is 43.5 Å². The molecule has 1 atom stereocenters. The first-order chi connectivity index (χ1) is 38.0. The van der Waals surface area contributed by atoms with Gasteiger partial charge >= 0.3 is 5.51 Å². The van der Waals surface area contributed by atoms with Crippen molar-refractivity contribution in [3.05, 3.63) is 138 Å². The largest absolute Gasteiger partial charge is 0.501 e. The molecule has 428 valence electrons. The summed E-state index contributed by atoms with van der Waals surface area (Å²) in [5.41, 5.74) is 0.286. The molecule has 3 N–H and O–H groups in total. The lowest BCUT2D eigenvalue weighted by molar-refractivity contribution is -0.0436. The number of aromatic nitrogens is 1. The summed E-state index contributed by atoms with van der Waals surface area (Å²) in [6, 6.07) is 33.6. The third-order valence-corrected chi connectivity index (χ3v) is 20.7. The number of carbonyl (C=O) groups excluding carboxylic acids is 1. The molecule has 1 amide bonds. The first kappa shape index (κ1) is 58.9. The first-order valence-corrected chi connectivity index (χ1v) is 32.4. The minimum absolute atomic E-state index is 0.109. The van der Waals surface area contributed by atoms with Crippen molar-refractivity contribution < 1.29 is 48.3 Å². The van der Waals surface area contributed by atoms with E-state index in [4.69, 9.17) is 11.6 Å². The zero-order valence-corrected chi connectivity index (χ0v) is 48.5. The Morgan fingerprint density at radius 1 is 0.750 bits per heavy atom. The van der Waals surface area contributed by atoms with E-state index in [0.717, 1.165) is 56.5 Å². The second-order valence-electron chi connectivity index (χ2n) is 20.3. The molecule has 24 heteroatoms. The smallest absolute Gasteiger partial charge is 0.393 e. The summed E-state index contributed by atoms with van der Waals surface area (Å²) in [6.45, 7) is 7.02. The van der Waals surface area contributed by atoms with Crippen LogP contribution in [0.15, 0.2) is 136 Å². The van der Waals surface area contributed by atoms with Gasteiger partial charge in [-0.05, 0) is 116 Å². The minimum atomic E-state index is -6.04. The summed E-state index contributed by atoms with van der Waals surface area (Å²) in [4.78, 5) is 21.8. The van der Waals surface area contributed by atoms with Crippen LogP contribution in [0.25, 0.3) is 22.4 Å². The van der Waals surface area contributed by atoms with Crippen molar-refractivity contribution in [1.29, 1.82) is 0 Å². The number of rotatable bonds is 18. The maximum Gasteiger partial charge on any atom is 0.501 e. The van der Waals surface area contributed by atoms with Gasteiger partial charge in [-0.25, -0.2) is 25.3 Å². The number of nitrogens with zero attached hydrogens (tertiary/aromatic N) is 6. The van der Waals surface area contributed by atoms with Crippen LogP contribution in [0.3, 0.4) is 0 Å². The zero-order chi connectivity index (χ0) is 57.1. The van der Waals surface area contributed by atoms with E-state index in [1.807, 2.05) is 79.2 Å². The Morgan fingerprint density at radius 3 is 2.01 bits per heavy atom. The van der Waals surface area contributed by atoms with Gasteiger partial charge in [-0.1, -0.05) is 54.1 Å². The number of likely N-dealkylation sites (tertiary alicyclic amines) is 1. The molecule has 1 aromatic heterocycles. The van der Waals surface area contributed by atoms with Crippen LogP contribution in [-0.2, 0) is 36.9 Å². The summed E-state index contributed by atoms with van der Waals surface area (Å²) < 4.78 is 128. The van der Waals surface area contributed by atoms with Crippen LogP contribution in [0.4, 0.5) is 35.9 Å². The molecule has 3 saturated heterocycles. The highest BCUT2D eigenvalue weighted by molar-refractivity contribution is 7.99. The van der Waals surface area contributed by atoms with Crippen molar-refractivity contribution >= 4 is 81.9 Å². The molecule has 0 spiro atoms. The van der Waals surface area contributed by atoms with Gasteiger partial charge in [-0.3, -0.25) is 9.52 Å². The molecule has 4 heterocycles. The lowest BCUT2D eigenvalue weighted by atomic mass is 9.95. The number of aliphatic hydroxyl groups excluding tert-OH is 1. The van der Waals surface area contributed by atoms with Gasteiger partial charge in [-0.2, -0.15) is 17.5 Å². The molecule has 3 fully saturated rings. The number of alkyl halides is 3. The predicted molar refractivity (Wildman–Crippen MR) is 311 cm³/mol. The van der Waals surface area contributed by atoms with Gasteiger partial charge in [0.1, 0.15) is 4.90 Å². The Bertz CT molecular complexity index is 3520. The van der Waals surface area contributed by atoms with E-state index >= 15 is 0 Å². The number of sulfone groups is 1. The molecule has 9 rings (SSSR count). The van der Waals surface area contributed by atoms with Crippen LogP contribution in [0, 0.1) is 6.92 Å². The fraction of sp³-hybridized carbons (Fsp3) is 0.375. The summed E-state index contributed by atoms with van der Waals surface area (Å²) in [7, 11) is -12.1. The SMILES string of the molecule is Cc1c(C(=O)N2CCN(S(C)(=O)=O)CC2)c(-c2cccc(N3CCN(c4ccc(NS(=O)(=O)c5ccc(NC(CCN6CCC(O)CC6)CSc6ccccc6)c(S(=O)(=O)C(F)(F)F)c5)cc4)CC3)c2)c(-c2ccc(Cl)cc2)n1C. The Morgan fingerprint density at radius 2 is 1.39 bits per heavy atom. The number of benzene rings is 5. The zero-order valence-electron chi connectivity index (χ0n) is 44.4. The molecule has 1 unspecified atom stereocenters. The van der Waals surface area contributed by atoms with Crippen molar-refractivity contribution in [2.75, 3.05) is 104 Å². The quantitative estimate of drug-likeness (QED) is 0.0694. The lowest BCUT2D eigenvalue weighted by Gasteiger charge is -2.37. The summed E-state index contributed by atoms with van der Waals surface area (Å²) in [5.74, 6) is 0.173. The van der Waals surface area contributed by atoms with Gasteiger partial charge in [0.05, 0.1) is 34.2 Å². The molecule has 3 aliphatic rings. The number of piperazine rings is 2. The summed E-state index contributed by atoms with van der Waals surface area (Å²) >= 11 is 7.77. The van der Waals surface area contributed by atoms with Crippen molar-refractivity contribution in [2.45, 2.75) is 58.5 Å². The van der Waals surface area contributed by atoms with Crippen LogP contribution >= 0.6 is 23.4 Å². The van der Waals surface area contributed by atoms with E-state index < -0.39 is 57.3 Å². The highest BCUT2D eigenvalue weighted by atomic mass is 35.5. The number of anilines is 4. The van der Waals surface area contributed by atoms with Gasteiger partial charge < -0.3 is 34.6 Å². The van der Waals surface area contributed by atoms with E-state index in [9.17, 15) is 48.3 Å². The highest BCUT2D eigenvalue weighted by Crippen LogP contribution is 2.42. The fourth-order valence-electron chi connectivity index (χ4n) is 10.5. The molecule has 80 heavy (non-hydrogen) atoms. The normalized spacial score (nSPS) is 16.9. The third kappa shape index (κ3) is 13.4. The van der Waals surface area contributed by atoms with Gasteiger partial charge in [0.15, 0.2) is 0 Å². The van der Waals surface area contributed by atoms with Crippen molar-refractivity contribution in [2.24, 2.45) is 7.05 Å². The number of piperidine rings is 1. The van der Waals surface area contributed by atoms with Crippen LogP contribution in [-0.4, -0.2) is 157 Å². The maximum atomic E-state index is 14.6. The lowest BCUT2D eigenvalue weighted by Crippen LogP contribution is -2.50. The predicted octanol–water partition coefficient (Wildman–Crippen LogP) is 8.88. The van der Waals surface area contributed by atoms with Gasteiger partial charge in [0, 0.05) is 129 Å². The number of hydrogen-bond acceptors (Lipinski definition) is 13. The van der Waals surface area contributed by atoms with Crippen molar-refractivity contribution in [3.8, 4) is 22.4 Å². The standard InChI is InChI=1S/C56H64ClF3N8O8S4/c1-39-52(55(70)67-32-34-68(35-33-67)78(3,71)72)53(54(63(39)2)40-12-14-42(57)15-13-40)41-8-7-9-46(36-41)66-30-28-65(29-31-66)45-18-16-43(17-19-45)62-80(75,76)49-20-21-50(51(37-49)79(73,74)56(58,59)60)61-44(38-77-48-10-5-4-6-11-48)22-25-64-26-23-47(69)24-27-64/h4-21,36-37,44,47,61-62,69H,22-35,38H2,1-3H3. The molecule has 6 aromatic rings. The molecular weight excluding hydrogens is 1130 g/mol. The minimum Gasteiger partial charge on any atom is -0.393 e. The van der Waals surface area contributed by atoms with E-state index in [0.29, 0.717) is 87.5 Å². The fourth-order valence-corrected chi connectivity index (χ4v) is 14.5. The Kier molecular flexibility index (Phi) is 17.9. The monoisotopic (exact) mass is 1200 g/mol.